The molecule has 0 spiro atoms. The highest BCUT2D eigenvalue weighted by Gasteiger charge is 2.16. The van der Waals surface area contributed by atoms with Crippen molar-refractivity contribution in [1.29, 1.82) is 0 Å². The lowest BCUT2D eigenvalue weighted by molar-refractivity contribution is -0.136. The third kappa shape index (κ3) is 3.16. The molecular formula is C13H11ClN2O4. The quantitative estimate of drug-likeness (QED) is 0.875. The summed E-state index contributed by atoms with van der Waals surface area (Å²) in [7, 11) is 0. The Morgan fingerprint density at radius 3 is 2.40 bits per heavy atom. The second-order valence-electron chi connectivity index (χ2n) is 4.14. The molecule has 0 aliphatic rings. The standard InChI is InChI=1S/C13H11ClN2O4/c14-8-1-2-9-10(5-8)15-4-3-11(9)16(6-12(17)18)7-13(19)20/h1-5H,6-7H2,(H,17,18)(H,19,20). The van der Waals surface area contributed by atoms with Gasteiger partial charge in [0.2, 0.25) is 0 Å². The van der Waals surface area contributed by atoms with Crippen molar-refractivity contribution in [3.8, 4) is 0 Å². The van der Waals surface area contributed by atoms with E-state index in [4.69, 9.17) is 21.8 Å². The van der Waals surface area contributed by atoms with Crippen LogP contribution in [0, 0.1) is 0 Å². The lowest BCUT2D eigenvalue weighted by atomic mass is 10.1. The molecule has 0 bridgehead atoms. The molecule has 0 aliphatic carbocycles. The maximum atomic E-state index is 10.9. The van der Waals surface area contributed by atoms with Crippen molar-refractivity contribution < 1.29 is 19.8 Å². The molecule has 0 saturated carbocycles. The number of carboxylic acid groups (broad SMARTS) is 2. The maximum absolute atomic E-state index is 10.9. The van der Waals surface area contributed by atoms with Gasteiger partial charge < -0.3 is 15.1 Å². The third-order valence-electron chi connectivity index (χ3n) is 2.67. The Morgan fingerprint density at radius 2 is 1.80 bits per heavy atom. The summed E-state index contributed by atoms with van der Waals surface area (Å²) < 4.78 is 0. The van der Waals surface area contributed by atoms with Crippen LogP contribution in [0.1, 0.15) is 0 Å². The minimum atomic E-state index is -1.11. The average Bonchev–Trinajstić information content (AvgIpc) is 2.35. The molecule has 20 heavy (non-hydrogen) atoms. The summed E-state index contributed by atoms with van der Waals surface area (Å²) in [6.07, 6.45) is 1.49. The number of aliphatic carboxylic acids is 2. The molecule has 1 heterocycles. The number of hydrogen-bond donors (Lipinski definition) is 2. The summed E-state index contributed by atoms with van der Waals surface area (Å²) in [6, 6.07) is 6.56. The van der Waals surface area contributed by atoms with Crippen LogP contribution in [0.2, 0.25) is 5.02 Å². The first-order chi connectivity index (χ1) is 9.47. The Bertz CT molecular complexity index is 658. The monoisotopic (exact) mass is 294 g/mol. The van der Waals surface area contributed by atoms with E-state index in [0.29, 0.717) is 21.6 Å². The van der Waals surface area contributed by atoms with E-state index in [2.05, 4.69) is 4.98 Å². The van der Waals surface area contributed by atoms with Gasteiger partial charge in [-0.1, -0.05) is 11.6 Å². The zero-order chi connectivity index (χ0) is 14.7. The van der Waals surface area contributed by atoms with Gasteiger partial charge in [-0.2, -0.15) is 0 Å². The number of benzene rings is 1. The van der Waals surface area contributed by atoms with E-state index in [-0.39, 0.29) is 0 Å². The number of pyridine rings is 1. The normalized spacial score (nSPS) is 10.4. The summed E-state index contributed by atoms with van der Waals surface area (Å²) in [5, 5.41) is 19.0. The van der Waals surface area contributed by atoms with Crippen molar-refractivity contribution in [2.24, 2.45) is 0 Å². The zero-order valence-corrected chi connectivity index (χ0v) is 11.0. The van der Waals surface area contributed by atoms with Crippen molar-refractivity contribution in [2.75, 3.05) is 18.0 Å². The van der Waals surface area contributed by atoms with E-state index in [1.807, 2.05) is 0 Å². The van der Waals surface area contributed by atoms with Crippen LogP contribution in [0.3, 0.4) is 0 Å². The van der Waals surface area contributed by atoms with Gasteiger partial charge in [0.15, 0.2) is 0 Å². The number of fused-ring (bicyclic) bond motifs is 1. The van der Waals surface area contributed by atoms with Gasteiger partial charge in [-0.05, 0) is 24.3 Å². The van der Waals surface area contributed by atoms with Crippen LogP contribution >= 0.6 is 11.6 Å². The Balaban J connectivity index is 2.51. The number of anilines is 1. The van der Waals surface area contributed by atoms with Crippen molar-refractivity contribution in [1.82, 2.24) is 4.98 Å². The molecule has 7 heteroatoms. The lowest BCUT2D eigenvalue weighted by Gasteiger charge is -2.22. The number of nitrogens with zero attached hydrogens (tertiary/aromatic N) is 2. The molecule has 0 fully saturated rings. The summed E-state index contributed by atoms with van der Waals surface area (Å²) in [5.41, 5.74) is 1.08. The highest BCUT2D eigenvalue weighted by atomic mass is 35.5. The van der Waals surface area contributed by atoms with Crippen LogP contribution < -0.4 is 4.90 Å². The first-order valence-electron chi connectivity index (χ1n) is 5.70. The number of carboxylic acids is 2. The molecule has 104 valence electrons. The fourth-order valence-corrected chi connectivity index (χ4v) is 2.10. The number of aromatic nitrogens is 1. The number of halogens is 1. The van der Waals surface area contributed by atoms with Gasteiger partial charge >= 0.3 is 11.9 Å². The molecule has 6 nitrogen and oxygen atoms in total. The molecule has 0 radical (unpaired) electrons. The fraction of sp³-hybridized carbons (Fsp3) is 0.154. The summed E-state index contributed by atoms with van der Waals surface area (Å²) in [5.74, 6) is -2.21. The molecule has 1 aromatic heterocycles. The van der Waals surface area contributed by atoms with E-state index in [9.17, 15) is 9.59 Å². The van der Waals surface area contributed by atoms with Crippen molar-refractivity contribution in [2.45, 2.75) is 0 Å². The Hall–Kier alpha value is -2.34. The van der Waals surface area contributed by atoms with Crippen LogP contribution in [0.25, 0.3) is 10.9 Å². The molecule has 1 aromatic carbocycles. The molecule has 0 saturated heterocycles. The van der Waals surface area contributed by atoms with Crippen LogP contribution in [0.5, 0.6) is 0 Å². The van der Waals surface area contributed by atoms with Crippen LogP contribution in [-0.2, 0) is 9.59 Å². The van der Waals surface area contributed by atoms with Gasteiger partial charge in [0.05, 0.1) is 5.52 Å². The second kappa shape index (κ2) is 5.75. The number of hydrogen-bond acceptors (Lipinski definition) is 4. The second-order valence-corrected chi connectivity index (χ2v) is 4.57. The minimum Gasteiger partial charge on any atom is -0.480 e. The predicted molar refractivity (Wildman–Crippen MR) is 74.2 cm³/mol. The Labute approximate surface area is 119 Å². The van der Waals surface area contributed by atoms with Gasteiger partial charge in [-0.3, -0.25) is 14.6 Å². The molecule has 0 amide bonds. The zero-order valence-electron chi connectivity index (χ0n) is 10.3. The highest BCUT2D eigenvalue weighted by Crippen LogP contribution is 2.27. The summed E-state index contributed by atoms with van der Waals surface area (Å²) in [6.45, 7) is -0.817. The van der Waals surface area contributed by atoms with E-state index < -0.39 is 25.0 Å². The van der Waals surface area contributed by atoms with Gasteiger partial charge in [0.25, 0.3) is 0 Å². The fourth-order valence-electron chi connectivity index (χ4n) is 1.93. The van der Waals surface area contributed by atoms with E-state index >= 15 is 0 Å². The van der Waals surface area contributed by atoms with Crippen LogP contribution in [0.4, 0.5) is 5.69 Å². The maximum Gasteiger partial charge on any atom is 0.323 e. The SMILES string of the molecule is O=C(O)CN(CC(=O)O)c1ccnc2cc(Cl)ccc12. The van der Waals surface area contributed by atoms with Crippen LogP contribution in [0.15, 0.2) is 30.5 Å². The van der Waals surface area contributed by atoms with Crippen LogP contribution in [-0.4, -0.2) is 40.2 Å². The van der Waals surface area contributed by atoms with Crippen molar-refractivity contribution in [3.05, 3.63) is 35.5 Å². The van der Waals surface area contributed by atoms with Crippen molar-refractivity contribution in [3.63, 3.8) is 0 Å². The smallest absolute Gasteiger partial charge is 0.323 e. The van der Waals surface area contributed by atoms with Gasteiger partial charge in [0.1, 0.15) is 13.1 Å². The van der Waals surface area contributed by atoms with Gasteiger partial charge in [-0.25, -0.2) is 0 Å². The van der Waals surface area contributed by atoms with Gasteiger partial charge in [0, 0.05) is 22.3 Å². The van der Waals surface area contributed by atoms with Crippen molar-refractivity contribution >= 4 is 40.1 Å². The molecule has 2 aromatic rings. The molecule has 2 rings (SSSR count). The minimum absolute atomic E-state index is 0.409. The molecule has 0 unspecified atom stereocenters. The third-order valence-corrected chi connectivity index (χ3v) is 2.91. The van der Waals surface area contributed by atoms with E-state index in [0.717, 1.165) is 0 Å². The van der Waals surface area contributed by atoms with E-state index in [1.165, 1.54) is 11.1 Å². The highest BCUT2D eigenvalue weighted by molar-refractivity contribution is 6.31. The number of rotatable bonds is 5. The first kappa shape index (κ1) is 14.1. The average molecular weight is 295 g/mol. The predicted octanol–water partition coefficient (Wildman–Crippen LogP) is 1.86. The number of carbonyl (C=O) groups is 2. The summed E-state index contributed by atoms with van der Waals surface area (Å²) in [4.78, 5) is 27.2. The summed E-state index contributed by atoms with van der Waals surface area (Å²) >= 11 is 5.88. The first-order valence-corrected chi connectivity index (χ1v) is 6.08. The molecular weight excluding hydrogens is 284 g/mol. The largest absolute Gasteiger partial charge is 0.480 e. The molecule has 0 atom stereocenters. The lowest BCUT2D eigenvalue weighted by Crippen LogP contribution is -2.34. The van der Waals surface area contributed by atoms with Gasteiger partial charge in [-0.15, -0.1) is 0 Å². The topological polar surface area (TPSA) is 90.7 Å². The Morgan fingerprint density at radius 1 is 1.15 bits per heavy atom. The van der Waals surface area contributed by atoms with E-state index in [1.54, 1.807) is 24.3 Å². The molecule has 0 aliphatic heterocycles. The molecule has 2 N–H and O–H groups in total. The Kier molecular flexibility index (Phi) is 4.05.